The molecule has 1 aliphatic rings. The Balaban J connectivity index is 1.59. The van der Waals surface area contributed by atoms with E-state index in [2.05, 4.69) is 15.4 Å². The second-order valence-corrected chi connectivity index (χ2v) is 8.66. The highest BCUT2D eigenvalue weighted by Gasteiger charge is 2.26. The molecule has 10 heteroatoms. The van der Waals surface area contributed by atoms with E-state index in [9.17, 15) is 9.59 Å². The van der Waals surface area contributed by atoms with Gasteiger partial charge in [-0.05, 0) is 49.9 Å². The van der Waals surface area contributed by atoms with Crippen molar-refractivity contribution in [1.29, 1.82) is 0 Å². The average molecular weight is 450 g/mol. The number of fused-ring (bicyclic) bond motifs is 1. The van der Waals surface area contributed by atoms with Crippen LogP contribution in [0.2, 0.25) is 10.0 Å². The number of nitrogens with two attached hydrogens (primary N) is 1. The maximum atomic E-state index is 12.7. The monoisotopic (exact) mass is 449 g/mol. The summed E-state index contributed by atoms with van der Waals surface area (Å²) in [7, 11) is 0. The van der Waals surface area contributed by atoms with Crippen molar-refractivity contribution in [3.63, 3.8) is 0 Å². The van der Waals surface area contributed by atoms with Gasteiger partial charge in [0.15, 0.2) is 5.82 Å². The molecule has 3 aromatic rings. The maximum absolute atomic E-state index is 12.7. The molecule has 0 aliphatic heterocycles. The number of rotatable bonds is 5. The fourth-order valence-electron chi connectivity index (χ4n) is 3.47. The lowest BCUT2D eigenvalue weighted by Gasteiger charge is -2.08. The largest absolute Gasteiger partial charge is 0.365 e. The molecule has 0 unspecified atom stereocenters. The fourth-order valence-corrected chi connectivity index (χ4v) is 5.08. The summed E-state index contributed by atoms with van der Waals surface area (Å²) in [5, 5.41) is 8.45. The van der Waals surface area contributed by atoms with Crippen LogP contribution >= 0.6 is 34.5 Å². The van der Waals surface area contributed by atoms with Gasteiger partial charge >= 0.3 is 0 Å². The molecule has 2 amide bonds. The third kappa shape index (κ3) is 3.88. The van der Waals surface area contributed by atoms with Gasteiger partial charge in [0, 0.05) is 10.4 Å². The highest BCUT2D eigenvalue weighted by Crippen LogP contribution is 2.38. The van der Waals surface area contributed by atoms with E-state index >= 15 is 0 Å². The summed E-state index contributed by atoms with van der Waals surface area (Å²) in [6.45, 7) is 1.67. The second-order valence-electron chi connectivity index (χ2n) is 6.74. The van der Waals surface area contributed by atoms with Crippen LogP contribution in [0.5, 0.6) is 0 Å². The molecule has 0 atom stereocenters. The zero-order chi connectivity index (χ0) is 20.7. The molecule has 7 nitrogen and oxygen atoms in total. The minimum atomic E-state index is -0.521. The molecule has 1 aliphatic carbocycles. The fraction of sp³-hybridized carbons (Fsp3) is 0.263. The number of aryl methyl sites for hydroxylation is 2. The smallest absolute Gasteiger partial charge is 0.251 e. The first-order chi connectivity index (χ1) is 13.8. The molecule has 0 radical (unpaired) electrons. The molecule has 3 N–H and O–H groups in total. The molecule has 0 spiro atoms. The second kappa shape index (κ2) is 7.78. The van der Waals surface area contributed by atoms with Crippen LogP contribution in [-0.2, 0) is 24.2 Å². The molecule has 0 saturated carbocycles. The van der Waals surface area contributed by atoms with Crippen LogP contribution in [0.4, 0.5) is 5.00 Å². The van der Waals surface area contributed by atoms with Crippen molar-refractivity contribution in [2.24, 2.45) is 5.73 Å². The van der Waals surface area contributed by atoms with Crippen molar-refractivity contribution in [2.45, 2.75) is 32.7 Å². The van der Waals surface area contributed by atoms with Crippen molar-refractivity contribution >= 4 is 51.4 Å². The number of nitrogens with one attached hydrogen (secondary N) is 1. The van der Waals surface area contributed by atoms with E-state index in [0.29, 0.717) is 37.8 Å². The van der Waals surface area contributed by atoms with Gasteiger partial charge in [0.05, 0.1) is 15.6 Å². The summed E-state index contributed by atoms with van der Waals surface area (Å²) in [6.07, 6.45) is 2.71. The van der Waals surface area contributed by atoms with Gasteiger partial charge in [0.25, 0.3) is 5.91 Å². The van der Waals surface area contributed by atoms with Gasteiger partial charge in [0.1, 0.15) is 17.4 Å². The Morgan fingerprint density at radius 2 is 2.07 bits per heavy atom. The quantitative estimate of drug-likeness (QED) is 0.616. The molecule has 0 bridgehead atoms. The molecule has 0 saturated heterocycles. The van der Waals surface area contributed by atoms with Crippen molar-refractivity contribution in [3.8, 4) is 11.4 Å². The number of hydrogen-bond acceptors (Lipinski definition) is 5. The van der Waals surface area contributed by atoms with E-state index in [1.807, 2.05) is 0 Å². The van der Waals surface area contributed by atoms with Crippen LogP contribution in [0.25, 0.3) is 11.4 Å². The first-order valence-electron chi connectivity index (χ1n) is 8.94. The summed E-state index contributed by atoms with van der Waals surface area (Å²) < 4.78 is 1.50. The Kier molecular flexibility index (Phi) is 5.33. The predicted octanol–water partition coefficient (Wildman–Crippen LogP) is 3.85. The molecule has 2 aromatic heterocycles. The molecule has 29 heavy (non-hydrogen) atoms. The Morgan fingerprint density at radius 3 is 2.79 bits per heavy atom. The molecule has 4 rings (SSSR count). The van der Waals surface area contributed by atoms with Crippen molar-refractivity contribution < 1.29 is 9.59 Å². The average Bonchev–Trinajstić information content (AvgIpc) is 3.31. The first kappa shape index (κ1) is 19.9. The molecule has 2 heterocycles. The van der Waals surface area contributed by atoms with E-state index < -0.39 is 5.91 Å². The van der Waals surface area contributed by atoms with Gasteiger partial charge in [0.2, 0.25) is 5.91 Å². The molecule has 0 fully saturated rings. The predicted molar refractivity (Wildman–Crippen MR) is 114 cm³/mol. The van der Waals surface area contributed by atoms with Crippen molar-refractivity contribution in [1.82, 2.24) is 14.8 Å². The van der Waals surface area contributed by atoms with Gasteiger partial charge in [-0.25, -0.2) is 9.67 Å². The number of halogens is 2. The van der Waals surface area contributed by atoms with Crippen molar-refractivity contribution in [2.75, 3.05) is 5.32 Å². The van der Waals surface area contributed by atoms with Crippen LogP contribution in [-0.4, -0.2) is 26.6 Å². The first-order valence-corrected chi connectivity index (χ1v) is 10.5. The lowest BCUT2D eigenvalue weighted by molar-refractivity contribution is -0.116. The van der Waals surface area contributed by atoms with Crippen LogP contribution in [0.15, 0.2) is 18.2 Å². The highest BCUT2D eigenvalue weighted by molar-refractivity contribution is 7.17. The minimum absolute atomic E-state index is 0.0722. The molecule has 150 valence electrons. The van der Waals surface area contributed by atoms with E-state index in [4.69, 9.17) is 28.9 Å². The number of benzene rings is 1. The number of carbonyl (C=O) groups excluding carboxylic acids is 2. The highest BCUT2D eigenvalue weighted by atomic mass is 35.5. The van der Waals surface area contributed by atoms with Gasteiger partial charge in [-0.3, -0.25) is 9.59 Å². The number of thiophene rings is 1. The van der Waals surface area contributed by atoms with Gasteiger partial charge in [-0.15, -0.1) is 11.3 Å². The number of hydrogen-bond donors (Lipinski definition) is 2. The standard InChI is InChI=1S/C19H17Cl2N5O2S/c1-9-23-18(10-5-6-12(20)13(21)7-10)26(25-9)8-15(27)24-19-16(17(22)28)11-3-2-4-14(11)29-19/h5-7H,2-4,8H2,1H3,(H2,22,28)(H,24,27). The van der Waals surface area contributed by atoms with Crippen LogP contribution in [0, 0.1) is 6.92 Å². The van der Waals surface area contributed by atoms with Crippen LogP contribution in [0.1, 0.15) is 33.0 Å². The number of nitrogens with zero attached hydrogens (tertiary/aromatic N) is 3. The van der Waals surface area contributed by atoms with Gasteiger partial charge in [-0.2, -0.15) is 5.10 Å². The molecular formula is C19H17Cl2N5O2S. The minimum Gasteiger partial charge on any atom is -0.365 e. The Bertz CT molecular complexity index is 1140. The number of amides is 2. The molecular weight excluding hydrogens is 433 g/mol. The number of carbonyl (C=O) groups is 2. The summed E-state index contributed by atoms with van der Waals surface area (Å²) in [6, 6.07) is 5.11. The summed E-state index contributed by atoms with van der Waals surface area (Å²) >= 11 is 13.5. The zero-order valence-corrected chi connectivity index (χ0v) is 17.8. The third-order valence-electron chi connectivity index (χ3n) is 4.67. The number of anilines is 1. The maximum Gasteiger partial charge on any atom is 0.251 e. The van der Waals surface area contributed by atoms with E-state index in [-0.39, 0.29) is 12.5 Å². The van der Waals surface area contributed by atoms with Gasteiger partial charge < -0.3 is 11.1 Å². The van der Waals surface area contributed by atoms with Crippen LogP contribution < -0.4 is 11.1 Å². The number of aromatic nitrogens is 3. The zero-order valence-electron chi connectivity index (χ0n) is 15.5. The third-order valence-corrected chi connectivity index (χ3v) is 6.62. The van der Waals surface area contributed by atoms with Gasteiger partial charge in [-0.1, -0.05) is 23.2 Å². The van der Waals surface area contributed by atoms with E-state index in [0.717, 1.165) is 29.7 Å². The van der Waals surface area contributed by atoms with E-state index in [1.54, 1.807) is 25.1 Å². The summed E-state index contributed by atoms with van der Waals surface area (Å²) in [4.78, 5) is 30.1. The molecule has 1 aromatic carbocycles. The van der Waals surface area contributed by atoms with Crippen molar-refractivity contribution in [3.05, 3.63) is 50.1 Å². The summed E-state index contributed by atoms with van der Waals surface area (Å²) in [5.74, 6) is 0.179. The summed E-state index contributed by atoms with van der Waals surface area (Å²) in [5.41, 5.74) is 7.64. The van der Waals surface area contributed by atoms with Crippen LogP contribution in [0.3, 0.4) is 0 Å². The Hall–Kier alpha value is -2.42. The lowest BCUT2D eigenvalue weighted by atomic mass is 10.1. The Morgan fingerprint density at radius 1 is 1.28 bits per heavy atom. The topological polar surface area (TPSA) is 103 Å². The lowest BCUT2D eigenvalue weighted by Crippen LogP contribution is -2.22. The normalized spacial score (nSPS) is 12.8. The SMILES string of the molecule is Cc1nc(-c2ccc(Cl)c(Cl)c2)n(CC(=O)Nc2sc3c(c2C(N)=O)CCC3)n1. The van der Waals surface area contributed by atoms with E-state index in [1.165, 1.54) is 16.0 Å². The Labute approximate surface area is 180 Å². The number of primary amides is 1.